The van der Waals surface area contributed by atoms with Crippen LogP contribution in [0.1, 0.15) is 25.3 Å². The van der Waals surface area contributed by atoms with Crippen LogP contribution in [0.3, 0.4) is 0 Å². The van der Waals surface area contributed by atoms with Gasteiger partial charge >= 0.3 is 6.18 Å². The van der Waals surface area contributed by atoms with E-state index < -0.39 is 11.7 Å². The molecule has 1 fully saturated rings. The minimum Gasteiger partial charge on any atom is -0.491 e. The summed E-state index contributed by atoms with van der Waals surface area (Å²) in [6.45, 7) is 7.25. The average Bonchev–Trinajstić information content (AvgIpc) is 2.64. The number of rotatable bonds is 8. The Balaban J connectivity index is 1.87. The lowest BCUT2D eigenvalue weighted by molar-refractivity contribution is -0.137. The second-order valence-corrected chi connectivity index (χ2v) is 6.65. The topological polar surface area (TPSA) is 45.8 Å². The summed E-state index contributed by atoms with van der Waals surface area (Å²) in [6.07, 6.45) is -2.79. The molecule has 1 saturated heterocycles. The van der Waals surface area contributed by atoms with Crippen molar-refractivity contribution >= 4 is 23.0 Å². The van der Waals surface area contributed by atoms with E-state index in [0.29, 0.717) is 18.9 Å². The van der Waals surface area contributed by atoms with Gasteiger partial charge in [-0.25, -0.2) is 0 Å². The Hall–Kier alpha value is -1.58. The molecule has 1 aromatic rings. The normalized spacial score (nSPS) is 15.4. The number of hydrogen-bond donors (Lipinski definition) is 2. The zero-order valence-electron chi connectivity index (χ0n) is 15.4. The second kappa shape index (κ2) is 10.7. The van der Waals surface area contributed by atoms with Crippen LogP contribution in [-0.4, -0.2) is 56.0 Å². The molecule has 0 aromatic heterocycles. The van der Waals surface area contributed by atoms with Crippen molar-refractivity contribution in [2.45, 2.75) is 25.9 Å². The van der Waals surface area contributed by atoms with Crippen LogP contribution in [-0.2, 0) is 10.9 Å². The number of nitrogens with zero attached hydrogens (tertiary/aromatic N) is 1. The Bertz CT molecular complexity index is 608. The highest BCUT2D eigenvalue weighted by Gasteiger charge is 2.31. The van der Waals surface area contributed by atoms with Crippen LogP contribution < -0.4 is 15.4 Å². The zero-order valence-corrected chi connectivity index (χ0v) is 16.2. The van der Waals surface area contributed by atoms with Crippen LogP contribution in [0.15, 0.2) is 18.2 Å². The number of thiocarbonyl (C=S) groups is 1. The summed E-state index contributed by atoms with van der Waals surface area (Å²) in [5.74, 6) is 0.349. The van der Waals surface area contributed by atoms with Crippen LogP contribution in [0.5, 0.6) is 5.75 Å². The van der Waals surface area contributed by atoms with E-state index in [2.05, 4.69) is 15.5 Å². The number of ether oxygens (including phenoxy) is 2. The lowest BCUT2D eigenvalue weighted by Crippen LogP contribution is -2.38. The fraction of sp³-hybridized carbons (Fsp3) is 0.611. The van der Waals surface area contributed by atoms with Gasteiger partial charge in [-0.3, -0.25) is 4.90 Å². The number of anilines is 1. The SMILES string of the molecule is CCCOc1ccc(C(F)(F)F)cc1NC(=S)NCCCN1CCOCC1. The highest BCUT2D eigenvalue weighted by atomic mass is 32.1. The highest BCUT2D eigenvalue weighted by molar-refractivity contribution is 7.80. The predicted molar refractivity (Wildman–Crippen MR) is 103 cm³/mol. The van der Waals surface area contributed by atoms with Gasteiger partial charge in [0, 0.05) is 19.6 Å². The molecule has 27 heavy (non-hydrogen) atoms. The smallest absolute Gasteiger partial charge is 0.416 e. The van der Waals surface area contributed by atoms with Gasteiger partial charge in [0.2, 0.25) is 0 Å². The van der Waals surface area contributed by atoms with Crippen molar-refractivity contribution in [2.75, 3.05) is 51.3 Å². The molecule has 1 heterocycles. The minimum absolute atomic E-state index is 0.212. The van der Waals surface area contributed by atoms with Crippen molar-refractivity contribution in [3.63, 3.8) is 0 Å². The Labute approximate surface area is 163 Å². The van der Waals surface area contributed by atoms with Gasteiger partial charge < -0.3 is 20.1 Å². The van der Waals surface area contributed by atoms with Crippen molar-refractivity contribution < 1.29 is 22.6 Å². The highest BCUT2D eigenvalue weighted by Crippen LogP contribution is 2.35. The zero-order chi connectivity index (χ0) is 19.7. The number of morpholine rings is 1. The molecule has 0 saturated carbocycles. The van der Waals surface area contributed by atoms with E-state index in [1.807, 2.05) is 6.92 Å². The first-order valence-electron chi connectivity index (χ1n) is 9.09. The van der Waals surface area contributed by atoms with Crippen molar-refractivity contribution in [3.8, 4) is 5.75 Å². The summed E-state index contributed by atoms with van der Waals surface area (Å²) >= 11 is 5.22. The van der Waals surface area contributed by atoms with Gasteiger partial charge in [0.15, 0.2) is 5.11 Å². The Morgan fingerprint density at radius 3 is 2.70 bits per heavy atom. The maximum Gasteiger partial charge on any atom is 0.416 e. The molecule has 9 heteroatoms. The van der Waals surface area contributed by atoms with Gasteiger partial charge in [0.25, 0.3) is 0 Å². The maximum absolute atomic E-state index is 13.0. The number of nitrogens with one attached hydrogen (secondary N) is 2. The third-order valence-corrected chi connectivity index (χ3v) is 4.30. The minimum atomic E-state index is -4.42. The summed E-state index contributed by atoms with van der Waals surface area (Å²) in [6, 6.07) is 3.35. The van der Waals surface area contributed by atoms with E-state index in [1.54, 1.807) is 0 Å². The van der Waals surface area contributed by atoms with E-state index in [0.717, 1.165) is 57.8 Å². The lowest BCUT2D eigenvalue weighted by atomic mass is 10.2. The van der Waals surface area contributed by atoms with Gasteiger partial charge in [-0.15, -0.1) is 0 Å². The molecule has 0 aliphatic carbocycles. The summed E-state index contributed by atoms with van der Waals surface area (Å²) in [7, 11) is 0. The molecular formula is C18H26F3N3O2S. The molecule has 0 unspecified atom stereocenters. The molecule has 0 amide bonds. The van der Waals surface area contributed by atoms with E-state index in [1.165, 1.54) is 6.07 Å². The summed E-state index contributed by atoms with van der Waals surface area (Å²) in [5, 5.41) is 6.15. The Kier molecular flexibility index (Phi) is 8.59. The van der Waals surface area contributed by atoms with Crippen molar-refractivity contribution in [1.29, 1.82) is 0 Å². The monoisotopic (exact) mass is 405 g/mol. The first-order valence-corrected chi connectivity index (χ1v) is 9.50. The summed E-state index contributed by atoms with van der Waals surface area (Å²) in [5.41, 5.74) is -0.534. The predicted octanol–water partition coefficient (Wildman–Crippen LogP) is 3.50. The largest absolute Gasteiger partial charge is 0.491 e. The molecule has 0 atom stereocenters. The molecule has 2 N–H and O–H groups in total. The molecule has 0 radical (unpaired) electrons. The fourth-order valence-corrected chi connectivity index (χ4v) is 2.85. The van der Waals surface area contributed by atoms with Crippen molar-refractivity contribution in [2.24, 2.45) is 0 Å². The first-order chi connectivity index (χ1) is 12.9. The van der Waals surface area contributed by atoms with E-state index in [-0.39, 0.29) is 10.8 Å². The average molecular weight is 405 g/mol. The Morgan fingerprint density at radius 2 is 2.04 bits per heavy atom. The Morgan fingerprint density at radius 1 is 1.30 bits per heavy atom. The van der Waals surface area contributed by atoms with E-state index >= 15 is 0 Å². The summed E-state index contributed by atoms with van der Waals surface area (Å²) in [4.78, 5) is 2.31. The van der Waals surface area contributed by atoms with Gasteiger partial charge in [-0.1, -0.05) is 6.92 Å². The van der Waals surface area contributed by atoms with Gasteiger partial charge in [0.05, 0.1) is 31.1 Å². The van der Waals surface area contributed by atoms with Crippen LogP contribution in [0.25, 0.3) is 0 Å². The van der Waals surface area contributed by atoms with Gasteiger partial charge in [0.1, 0.15) is 5.75 Å². The first kappa shape index (κ1) is 21.7. The van der Waals surface area contributed by atoms with E-state index in [9.17, 15) is 13.2 Å². The molecule has 1 aliphatic rings. The van der Waals surface area contributed by atoms with E-state index in [4.69, 9.17) is 21.7 Å². The third kappa shape index (κ3) is 7.51. The number of alkyl halides is 3. The summed E-state index contributed by atoms with van der Waals surface area (Å²) < 4.78 is 49.8. The van der Waals surface area contributed by atoms with Gasteiger partial charge in [-0.2, -0.15) is 13.2 Å². The van der Waals surface area contributed by atoms with Crippen LogP contribution >= 0.6 is 12.2 Å². The van der Waals surface area contributed by atoms with Crippen molar-refractivity contribution in [1.82, 2.24) is 10.2 Å². The van der Waals surface area contributed by atoms with Crippen LogP contribution in [0.2, 0.25) is 0 Å². The number of benzene rings is 1. The molecule has 2 rings (SSSR count). The lowest BCUT2D eigenvalue weighted by Gasteiger charge is -2.26. The standard InChI is InChI=1S/C18H26F3N3O2S/c1-2-10-26-16-5-4-14(18(19,20)21)13-15(16)23-17(27)22-6-3-7-24-8-11-25-12-9-24/h4-5,13H,2-3,6-12H2,1H3,(H2,22,23,27). The fourth-order valence-electron chi connectivity index (χ4n) is 2.64. The van der Waals surface area contributed by atoms with Crippen LogP contribution in [0.4, 0.5) is 18.9 Å². The molecule has 1 aromatic carbocycles. The van der Waals surface area contributed by atoms with Gasteiger partial charge in [-0.05, 0) is 49.8 Å². The molecule has 5 nitrogen and oxygen atoms in total. The number of hydrogen-bond acceptors (Lipinski definition) is 4. The molecule has 1 aliphatic heterocycles. The molecule has 0 spiro atoms. The van der Waals surface area contributed by atoms with Crippen LogP contribution in [0, 0.1) is 0 Å². The maximum atomic E-state index is 13.0. The molecular weight excluding hydrogens is 379 g/mol. The third-order valence-electron chi connectivity index (χ3n) is 4.06. The second-order valence-electron chi connectivity index (χ2n) is 6.25. The molecule has 152 valence electrons. The van der Waals surface area contributed by atoms with Crippen molar-refractivity contribution in [3.05, 3.63) is 23.8 Å². The number of halogens is 3. The quantitative estimate of drug-likeness (QED) is 0.510. The molecule has 0 bridgehead atoms.